The molecule has 0 aliphatic carbocycles. The van der Waals surface area contributed by atoms with Gasteiger partial charge in [0, 0.05) is 43.5 Å². The molecule has 0 saturated heterocycles. The number of hydrogen-bond acceptors (Lipinski definition) is 7. The molecule has 10 heteroatoms. The highest BCUT2D eigenvalue weighted by atomic mass is 16.6. The Labute approximate surface area is 251 Å². The number of aryl methyl sites for hydroxylation is 1. The monoisotopic (exact) mass is 580 g/mol. The van der Waals surface area contributed by atoms with E-state index in [1.807, 2.05) is 36.4 Å². The molecule has 10 nitrogen and oxygen atoms in total. The summed E-state index contributed by atoms with van der Waals surface area (Å²) in [4.78, 5) is 46.9. The largest absolute Gasteiger partial charge is 0.444 e. The molecule has 0 aliphatic rings. The number of nitrogens with zero attached hydrogens (tertiary/aromatic N) is 3. The zero-order valence-corrected chi connectivity index (χ0v) is 25.0. The van der Waals surface area contributed by atoms with Crippen LogP contribution in [0.4, 0.5) is 27.7 Å². The lowest BCUT2D eigenvalue weighted by molar-refractivity contribution is -0.116. The molecule has 222 valence electrons. The van der Waals surface area contributed by atoms with Gasteiger partial charge in [0.25, 0.3) is 5.91 Å². The van der Waals surface area contributed by atoms with Crippen LogP contribution in [0.3, 0.4) is 0 Å². The highest BCUT2D eigenvalue weighted by Gasteiger charge is 2.16. The maximum Gasteiger partial charge on any atom is 0.412 e. The van der Waals surface area contributed by atoms with E-state index in [1.165, 1.54) is 0 Å². The quantitative estimate of drug-likeness (QED) is 0.206. The van der Waals surface area contributed by atoms with Gasteiger partial charge in [-0.3, -0.25) is 19.9 Å². The van der Waals surface area contributed by atoms with Gasteiger partial charge in [0.05, 0.1) is 23.8 Å². The van der Waals surface area contributed by atoms with Gasteiger partial charge in [0.15, 0.2) is 0 Å². The Kier molecular flexibility index (Phi) is 9.72. The summed E-state index contributed by atoms with van der Waals surface area (Å²) in [5.41, 5.74) is 4.75. The van der Waals surface area contributed by atoms with Gasteiger partial charge in [-0.15, -0.1) is 0 Å². The maximum atomic E-state index is 12.6. The van der Waals surface area contributed by atoms with Crippen molar-refractivity contribution in [3.63, 3.8) is 0 Å². The minimum Gasteiger partial charge on any atom is -0.444 e. The van der Waals surface area contributed by atoms with Crippen LogP contribution in [0, 0.1) is 0 Å². The molecule has 3 amide bonds. The zero-order chi connectivity index (χ0) is 31.0. The summed E-state index contributed by atoms with van der Waals surface area (Å²) in [6.45, 7) is 5.42. The second kappa shape index (κ2) is 13.6. The lowest BCUT2D eigenvalue weighted by atomic mass is 10.1. The van der Waals surface area contributed by atoms with Crippen LogP contribution in [0.25, 0.3) is 11.1 Å². The summed E-state index contributed by atoms with van der Waals surface area (Å²) < 4.78 is 5.26. The molecule has 2 aromatic carbocycles. The molecule has 0 bridgehead atoms. The molecule has 43 heavy (non-hydrogen) atoms. The van der Waals surface area contributed by atoms with Crippen molar-refractivity contribution in [1.82, 2.24) is 14.9 Å². The Morgan fingerprint density at radius 1 is 0.791 bits per heavy atom. The van der Waals surface area contributed by atoms with E-state index in [2.05, 4.69) is 25.9 Å². The lowest BCUT2D eigenvalue weighted by Gasteiger charge is -2.19. The highest BCUT2D eigenvalue weighted by molar-refractivity contribution is 5.94. The summed E-state index contributed by atoms with van der Waals surface area (Å²) in [5.74, 6) is 0.436. The van der Waals surface area contributed by atoms with Gasteiger partial charge in [-0.1, -0.05) is 24.3 Å². The third-order valence-electron chi connectivity index (χ3n) is 6.17. The molecule has 4 aromatic rings. The minimum absolute atomic E-state index is 0.0444. The Morgan fingerprint density at radius 3 is 2.09 bits per heavy atom. The predicted molar refractivity (Wildman–Crippen MR) is 168 cm³/mol. The number of carbonyl (C=O) groups excluding carboxylic acids is 3. The van der Waals surface area contributed by atoms with E-state index >= 15 is 0 Å². The van der Waals surface area contributed by atoms with E-state index in [-0.39, 0.29) is 18.2 Å². The van der Waals surface area contributed by atoms with Crippen molar-refractivity contribution >= 4 is 40.8 Å². The average Bonchev–Trinajstić information content (AvgIpc) is 2.96. The molecule has 0 radical (unpaired) electrons. The van der Waals surface area contributed by atoms with Crippen LogP contribution in [-0.4, -0.2) is 52.5 Å². The molecule has 0 aliphatic heterocycles. The highest BCUT2D eigenvalue weighted by Crippen LogP contribution is 2.23. The number of pyridine rings is 2. The van der Waals surface area contributed by atoms with Gasteiger partial charge >= 0.3 is 6.09 Å². The van der Waals surface area contributed by atoms with E-state index in [9.17, 15) is 14.4 Å². The average molecular weight is 581 g/mol. The third-order valence-corrected chi connectivity index (χ3v) is 6.17. The number of anilines is 4. The topological polar surface area (TPSA) is 126 Å². The van der Waals surface area contributed by atoms with Crippen LogP contribution in [0.2, 0.25) is 0 Å². The molecule has 4 rings (SSSR count). The van der Waals surface area contributed by atoms with E-state index < -0.39 is 11.7 Å². The standard InChI is InChI=1S/C33H36N6O4/c1-33(2,3)43-32(42)38-26-14-6-22(7-15-26)8-17-30(40)37-28-18-27(20-34-21-28)36-29-16-13-25(19-35-29)23-9-11-24(12-10-23)31(41)39(4)5/h6-7,9-16,18-21H,8,17H2,1-5H3,(H,35,36)(H,37,40)(H,38,42). The summed E-state index contributed by atoms with van der Waals surface area (Å²) in [6.07, 6.45) is 5.29. The number of hydrogen-bond donors (Lipinski definition) is 3. The Bertz CT molecular complexity index is 1560. The van der Waals surface area contributed by atoms with E-state index in [0.29, 0.717) is 34.9 Å². The van der Waals surface area contributed by atoms with Crippen LogP contribution in [0.15, 0.2) is 85.3 Å². The van der Waals surface area contributed by atoms with Gasteiger partial charge < -0.3 is 20.3 Å². The van der Waals surface area contributed by atoms with Gasteiger partial charge in [-0.2, -0.15) is 0 Å². The predicted octanol–water partition coefficient (Wildman–Crippen LogP) is 6.51. The number of nitrogens with one attached hydrogen (secondary N) is 3. The first kappa shape index (κ1) is 30.7. The van der Waals surface area contributed by atoms with Crippen LogP contribution in [0.5, 0.6) is 0 Å². The molecule has 3 N–H and O–H groups in total. The number of amides is 3. The van der Waals surface area contributed by atoms with E-state index in [0.717, 1.165) is 16.7 Å². The van der Waals surface area contributed by atoms with Gasteiger partial charge in [-0.25, -0.2) is 9.78 Å². The second-order valence-electron chi connectivity index (χ2n) is 11.2. The van der Waals surface area contributed by atoms with Crippen LogP contribution in [-0.2, 0) is 16.0 Å². The normalized spacial score (nSPS) is 10.9. The van der Waals surface area contributed by atoms with Crippen molar-refractivity contribution in [2.75, 3.05) is 30.0 Å². The van der Waals surface area contributed by atoms with Crippen molar-refractivity contribution in [2.24, 2.45) is 0 Å². The molecular formula is C33H36N6O4. The number of benzene rings is 2. The van der Waals surface area contributed by atoms with E-state index in [4.69, 9.17) is 4.74 Å². The lowest BCUT2D eigenvalue weighted by Crippen LogP contribution is -2.27. The Morgan fingerprint density at radius 2 is 1.47 bits per heavy atom. The number of carbonyl (C=O) groups is 3. The molecule has 0 saturated carbocycles. The number of rotatable bonds is 9. The summed E-state index contributed by atoms with van der Waals surface area (Å²) in [6, 6.07) is 20.3. The van der Waals surface area contributed by atoms with E-state index in [1.54, 1.807) is 88.7 Å². The first-order chi connectivity index (χ1) is 20.4. The first-order valence-corrected chi connectivity index (χ1v) is 13.8. The van der Waals surface area contributed by atoms with Crippen LogP contribution >= 0.6 is 0 Å². The second-order valence-corrected chi connectivity index (χ2v) is 11.2. The fourth-order valence-corrected chi connectivity index (χ4v) is 4.08. The van der Waals surface area contributed by atoms with Gasteiger partial charge in [-0.05, 0) is 80.8 Å². The molecule has 2 heterocycles. The molecule has 0 fully saturated rings. The molecule has 0 unspecified atom stereocenters. The van der Waals surface area contributed by atoms with Gasteiger partial charge in [0.2, 0.25) is 5.91 Å². The van der Waals surface area contributed by atoms with Crippen molar-refractivity contribution in [3.8, 4) is 11.1 Å². The van der Waals surface area contributed by atoms with Crippen molar-refractivity contribution in [2.45, 2.75) is 39.2 Å². The molecule has 0 atom stereocenters. The maximum absolute atomic E-state index is 12.6. The molecule has 2 aromatic heterocycles. The summed E-state index contributed by atoms with van der Waals surface area (Å²) in [7, 11) is 3.45. The van der Waals surface area contributed by atoms with Crippen molar-refractivity contribution < 1.29 is 19.1 Å². The third kappa shape index (κ3) is 9.39. The smallest absolute Gasteiger partial charge is 0.412 e. The van der Waals surface area contributed by atoms with Crippen molar-refractivity contribution in [3.05, 3.63) is 96.4 Å². The van der Waals surface area contributed by atoms with Crippen molar-refractivity contribution in [1.29, 1.82) is 0 Å². The Hall–Kier alpha value is -5.25. The molecular weight excluding hydrogens is 544 g/mol. The fourth-order valence-electron chi connectivity index (χ4n) is 4.08. The van der Waals surface area contributed by atoms with Crippen LogP contribution < -0.4 is 16.0 Å². The SMILES string of the molecule is CN(C)C(=O)c1ccc(-c2ccc(Nc3cncc(NC(=O)CCc4ccc(NC(=O)OC(C)(C)C)cc4)c3)nc2)cc1. The molecule has 0 spiro atoms. The number of aromatic nitrogens is 2. The number of ether oxygens (including phenoxy) is 1. The minimum atomic E-state index is -0.574. The zero-order valence-electron chi connectivity index (χ0n) is 25.0. The van der Waals surface area contributed by atoms with Gasteiger partial charge in [0.1, 0.15) is 11.4 Å². The Balaban J connectivity index is 1.27. The summed E-state index contributed by atoms with van der Waals surface area (Å²) in [5, 5.41) is 8.79. The fraction of sp³-hybridized carbons (Fsp3) is 0.242. The van der Waals surface area contributed by atoms with Crippen LogP contribution in [0.1, 0.15) is 43.1 Å². The first-order valence-electron chi connectivity index (χ1n) is 13.8. The summed E-state index contributed by atoms with van der Waals surface area (Å²) >= 11 is 0.